The fourth-order valence-corrected chi connectivity index (χ4v) is 2.92. The molecule has 5 heteroatoms. The van der Waals surface area contributed by atoms with E-state index in [0.717, 1.165) is 35.8 Å². The van der Waals surface area contributed by atoms with Gasteiger partial charge in [0, 0.05) is 24.6 Å². The highest BCUT2D eigenvalue weighted by Gasteiger charge is 2.24. The van der Waals surface area contributed by atoms with Crippen molar-refractivity contribution in [3.63, 3.8) is 0 Å². The van der Waals surface area contributed by atoms with Crippen LogP contribution in [-0.2, 0) is 0 Å². The third-order valence-corrected chi connectivity index (χ3v) is 4.08. The maximum atomic E-state index is 4.61. The Kier molecular flexibility index (Phi) is 4.79. The van der Waals surface area contributed by atoms with Gasteiger partial charge in [0.1, 0.15) is 16.2 Å². The zero-order valence-corrected chi connectivity index (χ0v) is 13.7. The lowest BCUT2D eigenvalue weighted by Crippen LogP contribution is -2.43. The molecule has 1 aliphatic rings. The van der Waals surface area contributed by atoms with Crippen LogP contribution in [-0.4, -0.2) is 41.0 Å². The van der Waals surface area contributed by atoms with Crippen molar-refractivity contribution in [3.8, 4) is 0 Å². The Morgan fingerprint density at radius 1 is 1.42 bits per heavy atom. The van der Waals surface area contributed by atoms with Gasteiger partial charge in [-0.05, 0) is 41.9 Å². The third-order valence-electron chi connectivity index (χ3n) is 3.67. The quantitative estimate of drug-likeness (QED) is 0.866. The second-order valence-electron chi connectivity index (χ2n) is 5.87. The minimum absolute atomic E-state index is 0.341. The second-order valence-corrected chi connectivity index (χ2v) is 6.68. The van der Waals surface area contributed by atoms with Gasteiger partial charge in [0.25, 0.3) is 0 Å². The van der Waals surface area contributed by atoms with Crippen LogP contribution in [0.1, 0.15) is 38.9 Å². The highest BCUT2D eigenvalue weighted by Crippen LogP contribution is 2.22. The summed E-state index contributed by atoms with van der Waals surface area (Å²) in [6.07, 6.45) is 1.16. The van der Waals surface area contributed by atoms with Gasteiger partial charge in [-0.15, -0.1) is 0 Å². The van der Waals surface area contributed by atoms with Gasteiger partial charge in [0.2, 0.25) is 0 Å². The van der Waals surface area contributed by atoms with Crippen molar-refractivity contribution in [2.24, 2.45) is 5.92 Å². The summed E-state index contributed by atoms with van der Waals surface area (Å²) in [5.74, 6) is 2.80. The summed E-state index contributed by atoms with van der Waals surface area (Å²) in [5.41, 5.74) is 0. The fraction of sp³-hybridized carbons (Fsp3) is 0.714. The molecule has 1 aromatic rings. The fourth-order valence-electron chi connectivity index (χ4n) is 2.53. The van der Waals surface area contributed by atoms with E-state index < -0.39 is 0 Å². The number of anilines is 1. The summed E-state index contributed by atoms with van der Waals surface area (Å²) in [5, 5.41) is 3.58. The Morgan fingerprint density at radius 2 is 2.16 bits per heavy atom. The average Bonchev–Trinajstić information content (AvgIpc) is 2.32. The summed E-state index contributed by atoms with van der Waals surface area (Å²) in [4.78, 5) is 11.4. The maximum absolute atomic E-state index is 4.61. The number of likely N-dealkylation sites (tertiary alicyclic amines) is 1. The molecule has 2 atom stereocenters. The summed E-state index contributed by atoms with van der Waals surface area (Å²) < 4.78 is 0.856. The molecule has 1 fully saturated rings. The zero-order chi connectivity index (χ0) is 14.0. The van der Waals surface area contributed by atoms with Crippen molar-refractivity contribution >= 4 is 21.7 Å². The van der Waals surface area contributed by atoms with Crippen molar-refractivity contribution in [2.75, 3.05) is 25.5 Å². The number of halogens is 1. The summed E-state index contributed by atoms with van der Waals surface area (Å²) >= 11 is 3.47. The van der Waals surface area contributed by atoms with E-state index in [4.69, 9.17) is 0 Å². The van der Waals surface area contributed by atoms with Crippen molar-refractivity contribution in [2.45, 2.75) is 39.2 Å². The maximum Gasteiger partial charge on any atom is 0.134 e. The summed E-state index contributed by atoms with van der Waals surface area (Å²) in [6.45, 7) is 8.81. The van der Waals surface area contributed by atoms with Gasteiger partial charge >= 0.3 is 0 Å². The number of hydrogen-bond donors (Lipinski definition) is 1. The lowest BCUT2D eigenvalue weighted by Gasteiger charge is -2.35. The second kappa shape index (κ2) is 6.18. The summed E-state index contributed by atoms with van der Waals surface area (Å²) in [7, 11) is 2.19. The molecular formula is C14H23BrN4. The van der Waals surface area contributed by atoms with Crippen molar-refractivity contribution in [3.05, 3.63) is 16.5 Å². The highest BCUT2D eigenvalue weighted by molar-refractivity contribution is 9.10. The van der Waals surface area contributed by atoms with Crippen LogP contribution < -0.4 is 5.32 Å². The average molecular weight is 327 g/mol. The first-order valence-corrected chi connectivity index (χ1v) is 7.74. The van der Waals surface area contributed by atoms with Crippen LogP contribution in [0.5, 0.6) is 0 Å². The molecule has 0 aromatic carbocycles. The highest BCUT2D eigenvalue weighted by atomic mass is 79.9. The third kappa shape index (κ3) is 3.89. The molecule has 2 heterocycles. The number of nitrogens with one attached hydrogen (secondary N) is 1. The van der Waals surface area contributed by atoms with Crippen LogP contribution >= 0.6 is 15.9 Å². The number of hydrogen-bond acceptors (Lipinski definition) is 4. The molecule has 1 aliphatic heterocycles. The SMILES string of the molecule is CC(C)c1nc(Br)cc(NC2CCN(C)CC2C)n1. The Bertz CT molecular complexity index is 435. The normalized spacial score (nSPS) is 24.7. The lowest BCUT2D eigenvalue weighted by atomic mass is 9.94. The number of rotatable bonds is 3. The Morgan fingerprint density at radius 3 is 2.79 bits per heavy atom. The number of piperidine rings is 1. The molecule has 19 heavy (non-hydrogen) atoms. The van der Waals surface area contributed by atoms with E-state index in [1.54, 1.807) is 0 Å². The van der Waals surface area contributed by atoms with Crippen LogP contribution in [0.25, 0.3) is 0 Å². The molecule has 0 bridgehead atoms. The molecule has 0 radical (unpaired) electrons. The van der Waals surface area contributed by atoms with Crippen LogP contribution in [0.4, 0.5) is 5.82 Å². The Balaban J connectivity index is 2.10. The molecule has 0 amide bonds. The first-order valence-electron chi connectivity index (χ1n) is 6.95. The van der Waals surface area contributed by atoms with E-state index >= 15 is 0 Å². The molecule has 0 aliphatic carbocycles. The monoisotopic (exact) mass is 326 g/mol. The first kappa shape index (κ1) is 14.7. The molecule has 0 spiro atoms. The predicted molar refractivity (Wildman–Crippen MR) is 82.5 cm³/mol. The van der Waals surface area contributed by atoms with E-state index in [1.165, 1.54) is 0 Å². The van der Waals surface area contributed by atoms with Crippen LogP contribution in [0.2, 0.25) is 0 Å². The molecule has 1 saturated heterocycles. The van der Waals surface area contributed by atoms with Gasteiger partial charge in [-0.1, -0.05) is 20.8 Å². The van der Waals surface area contributed by atoms with Gasteiger partial charge in [0.15, 0.2) is 0 Å². The van der Waals surface area contributed by atoms with Crippen LogP contribution in [0, 0.1) is 5.92 Å². The number of nitrogens with zero attached hydrogens (tertiary/aromatic N) is 3. The van der Waals surface area contributed by atoms with E-state index in [2.05, 4.69) is 63.9 Å². The van der Waals surface area contributed by atoms with Gasteiger partial charge in [0.05, 0.1) is 0 Å². The zero-order valence-electron chi connectivity index (χ0n) is 12.2. The van der Waals surface area contributed by atoms with Crippen LogP contribution in [0.3, 0.4) is 0 Å². The van der Waals surface area contributed by atoms with Crippen molar-refractivity contribution in [1.82, 2.24) is 14.9 Å². The Hall–Kier alpha value is -0.680. The molecule has 0 saturated carbocycles. The van der Waals surface area contributed by atoms with Gasteiger partial charge in [-0.3, -0.25) is 0 Å². The lowest BCUT2D eigenvalue weighted by molar-refractivity contribution is 0.206. The Labute approximate surface area is 124 Å². The van der Waals surface area contributed by atoms with E-state index in [-0.39, 0.29) is 0 Å². The molecular weight excluding hydrogens is 304 g/mol. The van der Waals surface area contributed by atoms with Crippen LogP contribution in [0.15, 0.2) is 10.7 Å². The number of aromatic nitrogens is 2. The van der Waals surface area contributed by atoms with E-state index in [1.807, 2.05) is 6.07 Å². The van der Waals surface area contributed by atoms with Gasteiger partial charge < -0.3 is 10.2 Å². The van der Waals surface area contributed by atoms with E-state index in [0.29, 0.717) is 17.9 Å². The molecule has 106 valence electrons. The smallest absolute Gasteiger partial charge is 0.134 e. The molecule has 2 rings (SSSR count). The topological polar surface area (TPSA) is 41.1 Å². The van der Waals surface area contributed by atoms with Gasteiger partial charge in [-0.2, -0.15) is 0 Å². The predicted octanol–water partition coefficient (Wildman–Crippen LogP) is 3.11. The largest absolute Gasteiger partial charge is 0.367 e. The minimum Gasteiger partial charge on any atom is -0.367 e. The van der Waals surface area contributed by atoms with E-state index in [9.17, 15) is 0 Å². The first-order chi connectivity index (χ1) is 8.95. The minimum atomic E-state index is 0.341. The van der Waals surface area contributed by atoms with Crippen molar-refractivity contribution in [1.29, 1.82) is 0 Å². The molecule has 1 N–H and O–H groups in total. The van der Waals surface area contributed by atoms with Gasteiger partial charge in [-0.25, -0.2) is 9.97 Å². The molecule has 1 aromatic heterocycles. The standard InChI is InChI=1S/C14H23BrN4/c1-9(2)14-17-12(15)7-13(18-14)16-11-5-6-19(4)8-10(11)3/h7,9-11H,5-6,8H2,1-4H3,(H,16,17,18). The summed E-state index contributed by atoms with van der Waals surface area (Å²) in [6, 6.07) is 2.47. The molecule has 4 nitrogen and oxygen atoms in total. The van der Waals surface area contributed by atoms with Crippen molar-refractivity contribution < 1.29 is 0 Å². The molecule has 2 unspecified atom stereocenters.